The van der Waals surface area contributed by atoms with Gasteiger partial charge in [0.05, 0.1) is 13.7 Å². The van der Waals surface area contributed by atoms with E-state index in [2.05, 4.69) is 5.32 Å². The molecule has 0 radical (unpaired) electrons. The van der Waals surface area contributed by atoms with Crippen molar-refractivity contribution < 1.29 is 9.53 Å². The zero-order valence-electron chi connectivity index (χ0n) is 8.33. The number of rotatable bonds is 1. The fourth-order valence-corrected chi connectivity index (χ4v) is 1.73. The van der Waals surface area contributed by atoms with Crippen LogP contribution in [0.1, 0.15) is 28.9 Å². The van der Waals surface area contributed by atoms with Crippen molar-refractivity contribution in [3.8, 4) is 5.75 Å². The van der Waals surface area contributed by atoms with Gasteiger partial charge in [0, 0.05) is 11.6 Å². The first-order chi connectivity index (χ1) is 6.72. The molecule has 0 bridgehead atoms. The Morgan fingerprint density at radius 2 is 2.29 bits per heavy atom. The second kappa shape index (κ2) is 3.42. The third-order valence-electron chi connectivity index (χ3n) is 2.59. The lowest BCUT2D eigenvalue weighted by Gasteiger charge is -2.23. The highest BCUT2D eigenvalue weighted by Crippen LogP contribution is 2.26. The zero-order valence-corrected chi connectivity index (χ0v) is 8.33. The minimum atomic E-state index is 0.153. The Labute approximate surface area is 83.1 Å². The van der Waals surface area contributed by atoms with E-state index in [0.29, 0.717) is 6.54 Å². The van der Waals surface area contributed by atoms with E-state index in [1.165, 1.54) is 0 Å². The monoisotopic (exact) mass is 191 g/mol. The molecule has 3 nitrogen and oxygen atoms in total. The average molecular weight is 191 g/mol. The molecule has 0 amide bonds. The van der Waals surface area contributed by atoms with Crippen LogP contribution < -0.4 is 10.1 Å². The fourth-order valence-electron chi connectivity index (χ4n) is 1.73. The lowest BCUT2D eigenvalue weighted by molar-refractivity contribution is 0.0976. The SMILES string of the molecule is COc1ccc2c(c1)C(C)NCC2=O. The minimum Gasteiger partial charge on any atom is -0.497 e. The fraction of sp³-hybridized carbons (Fsp3) is 0.364. The topological polar surface area (TPSA) is 38.3 Å². The summed E-state index contributed by atoms with van der Waals surface area (Å²) in [6.07, 6.45) is 0. The third kappa shape index (κ3) is 1.40. The number of carbonyl (C=O) groups excluding carboxylic acids is 1. The molecule has 1 unspecified atom stereocenters. The smallest absolute Gasteiger partial charge is 0.176 e. The van der Waals surface area contributed by atoms with Crippen molar-refractivity contribution in [3.05, 3.63) is 29.3 Å². The normalized spacial score (nSPS) is 20.4. The number of carbonyl (C=O) groups is 1. The summed E-state index contributed by atoms with van der Waals surface area (Å²) in [7, 11) is 1.63. The number of ketones is 1. The second-order valence-corrected chi connectivity index (χ2v) is 3.48. The summed E-state index contributed by atoms with van der Waals surface area (Å²) in [4.78, 5) is 11.5. The Kier molecular flexibility index (Phi) is 2.25. The van der Waals surface area contributed by atoms with Crippen LogP contribution in [0.4, 0.5) is 0 Å². The van der Waals surface area contributed by atoms with Crippen molar-refractivity contribution in [3.63, 3.8) is 0 Å². The van der Waals surface area contributed by atoms with Crippen LogP contribution in [0, 0.1) is 0 Å². The summed E-state index contributed by atoms with van der Waals surface area (Å²) in [6, 6.07) is 5.81. The molecule has 0 spiro atoms. The van der Waals surface area contributed by atoms with Crippen LogP contribution in [-0.4, -0.2) is 19.4 Å². The molecule has 0 aliphatic carbocycles. The molecule has 1 aliphatic heterocycles. The highest BCUT2D eigenvalue weighted by Gasteiger charge is 2.22. The van der Waals surface area contributed by atoms with Crippen LogP contribution in [0.15, 0.2) is 18.2 Å². The van der Waals surface area contributed by atoms with Gasteiger partial charge in [-0.1, -0.05) is 0 Å². The van der Waals surface area contributed by atoms with Gasteiger partial charge >= 0.3 is 0 Å². The predicted molar refractivity (Wildman–Crippen MR) is 53.7 cm³/mol. The second-order valence-electron chi connectivity index (χ2n) is 3.48. The summed E-state index contributed by atoms with van der Waals surface area (Å²) < 4.78 is 5.12. The van der Waals surface area contributed by atoms with Gasteiger partial charge in [0.1, 0.15) is 5.75 Å². The van der Waals surface area contributed by atoms with Crippen molar-refractivity contribution >= 4 is 5.78 Å². The van der Waals surface area contributed by atoms with Gasteiger partial charge in [-0.15, -0.1) is 0 Å². The molecule has 0 saturated carbocycles. The molecule has 1 atom stereocenters. The first kappa shape index (κ1) is 9.21. The van der Waals surface area contributed by atoms with Crippen LogP contribution in [-0.2, 0) is 0 Å². The van der Waals surface area contributed by atoms with E-state index in [4.69, 9.17) is 4.74 Å². The summed E-state index contributed by atoms with van der Waals surface area (Å²) >= 11 is 0. The Morgan fingerprint density at radius 3 is 3.00 bits per heavy atom. The van der Waals surface area contributed by atoms with Crippen molar-refractivity contribution in [1.82, 2.24) is 5.32 Å². The molecule has 2 rings (SSSR count). The van der Waals surface area contributed by atoms with Crippen LogP contribution in [0.2, 0.25) is 0 Å². The zero-order chi connectivity index (χ0) is 10.1. The van der Waals surface area contributed by atoms with Gasteiger partial charge < -0.3 is 10.1 Å². The van der Waals surface area contributed by atoms with Gasteiger partial charge in [0.15, 0.2) is 5.78 Å². The van der Waals surface area contributed by atoms with Crippen molar-refractivity contribution in [2.45, 2.75) is 13.0 Å². The predicted octanol–water partition coefficient (Wildman–Crippen LogP) is 1.54. The van der Waals surface area contributed by atoms with E-state index in [0.717, 1.165) is 16.9 Å². The molecule has 1 N–H and O–H groups in total. The minimum absolute atomic E-state index is 0.153. The number of methoxy groups -OCH3 is 1. The quantitative estimate of drug-likeness (QED) is 0.731. The molecule has 0 aromatic heterocycles. The van der Waals surface area contributed by atoms with Gasteiger partial charge in [-0.25, -0.2) is 0 Å². The summed E-state index contributed by atoms with van der Waals surface area (Å²) in [5.41, 5.74) is 1.85. The number of Topliss-reactive ketones (excluding diaryl/α,β-unsaturated/α-hetero) is 1. The maximum Gasteiger partial charge on any atom is 0.176 e. The molecular formula is C11H13NO2. The Hall–Kier alpha value is -1.35. The largest absolute Gasteiger partial charge is 0.497 e. The molecule has 1 aliphatic rings. The number of hydrogen-bond donors (Lipinski definition) is 1. The Morgan fingerprint density at radius 1 is 1.50 bits per heavy atom. The highest BCUT2D eigenvalue weighted by molar-refractivity contribution is 6.00. The molecule has 1 aromatic carbocycles. The van der Waals surface area contributed by atoms with E-state index < -0.39 is 0 Å². The van der Waals surface area contributed by atoms with Crippen LogP contribution in [0.5, 0.6) is 5.75 Å². The van der Waals surface area contributed by atoms with Gasteiger partial charge in [0.25, 0.3) is 0 Å². The number of hydrogen-bond acceptors (Lipinski definition) is 3. The number of fused-ring (bicyclic) bond motifs is 1. The maximum absolute atomic E-state index is 11.5. The number of nitrogens with one attached hydrogen (secondary N) is 1. The Balaban J connectivity index is 2.50. The van der Waals surface area contributed by atoms with E-state index in [1.54, 1.807) is 7.11 Å². The Bertz CT molecular complexity index is 374. The van der Waals surface area contributed by atoms with Crippen molar-refractivity contribution in [2.75, 3.05) is 13.7 Å². The van der Waals surface area contributed by atoms with Gasteiger partial charge in [-0.05, 0) is 30.7 Å². The number of ether oxygens (including phenoxy) is 1. The highest BCUT2D eigenvalue weighted by atomic mass is 16.5. The van der Waals surface area contributed by atoms with Crippen molar-refractivity contribution in [1.29, 1.82) is 0 Å². The van der Waals surface area contributed by atoms with Gasteiger partial charge in [-0.2, -0.15) is 0 Å². The van der Waals surface area contributed by atoms with E-state index in [-0.39, 0.29) is 11.8 Å². The molecule has 1 aromatic rings. The standard InChI is InChI=1S/C11H13NO2/c1-7-10-5-8(14-2)3-4-9(10)11(13)6-12-7/h3-5,7,12H,6H2,1-2H3. The third-order valence-corrected chi connectivity index (χ3v) is 2.59. The first-order valence-electron chi connectivity index (χ1n) is 4.67. The summed E-state index contributed by atoms with van der Waals surface area (Å²) in [5.74, 6) is 0.952. The van der Waals surface area contributed by atoms with E-state index >= 15 is 0 Å². The summed E-state index contributed by atoms with van der Waals surface area (Å²) in [5, 5.41) is 3.13. The van der Waals surface area contributed by atoms with Gasteiger partial charge in [0.2, 0.25) is 0 Å². The summed E-state index contributed by atoms with van der Waals surface area (Å²) in [6.45, 7) is 2.48. The molecule has 0 fully saturated rings. The van der Waals surface area contributed by atoms with Gasteiger partial charge in [-0.3, -0.25) is 4.79 Å². The van der Waals surface area contributed by atoms with E-state index in [1.807, 2.05) is 25.1 Å². The van der Waals surface area contributed by atoms with Crippen molar-refractivity contribution in [2.24, 2.45) is 0 Å². The molecular weight excluding hydrogens is 178 g/mol. The average Bonchev–Trinajstić information content (AvgIpc) is 2.23. The first-order valence-corrected chi connectivity index (χ1v) is 4.67. The van der Waals surface area contributed by atoms with Crippen LogP contribution in [0.25, 0.3) is 0 Å². The maximum atomic E-state index is 11.5. The van der Waals surface area contributed by atoms with E-state index in [9.17, 15) is 4.79 Å². The molecule has 74 valence electrons. The van der Waals surface area contributed by atoms with Crippen LogP contribution >= 0.6 is 0 Å². The molecule has 1 heterocycles. The lowest BCUT2D eigenvalue weighted by atomic mass is 9.94. The molecule has 3 heteroatoms. The lowest BCUT2D eigenvalue weighted by Crippen LogP contribution is -2.32. The molecule has 0 saturated heterocycles. The molecule has 14 heavy (non-hydrogen) atoms. The number of benzene rings is 1. The van der Waals surface area contributed by atoms with Crippen LogP contribution in [0.3, 0.4) is 0 Å².